The molecule has 0 radical (unpaired) electrons. The molecule has 1 saturated heterocycles. The van der Waals surface area contributed by atoms with Crippen LogP contribution in [0.4, 0.5) is 0 Å². The zero-order valence-electron chi connectivity index (χ0n) is 14.0. The molecule has 0 bridgehead atoms. The summed E-state index contributed by atoms with van der Waals surface area (Å²) in [6.45, 7) is 13.7. The highest BCUT2D eigenvalue weighted by molar-refractivity contribution is 6.73. The van der Waals surface area contributed by atoms with Crippen molar-refractivity contribution in [1.82, 2.24) is 0 Å². The third kappa shape index (κ3) is 2.95. The van der Waals surface area contributed by atoms with Gasteiger partial charge in [0, 0.05) is 16.5 Å². The molecule has 0 spiro atoms. The van der Waals surface area contributed by atoms with Crippen LogP contribution in [0.15, 0.2) is 12.2 Å². The molecule has 2 aliphatic heterocycles. The molecule has 0 amide bonds. The predicted octanol–water partition coefficient (Wildman–Crippen LogP) is 3.68. The van der Waals surface area contributed by atoms with Crippen LogP contribution in [-0.2, 0) is 13.6 Å². The summed E-state index contributed by atoms with van der Waals surface area (Å²) < 4.78 is 18.8. The molecule has 5 heteroatoms. The molecule has 2 heterocycles. The molecule has 0 aliphatic carbocycles. The van der Waals surface area contributed by atoms with E-state index in [1.54, 1.807) is 0 Å². The van der Waals surface area contributed by atoms with Gasteiger partial charge < -0.3 is 13.6 Å². The molecule has 4 nitrogen and oxygen atoms in total. The Labute approximate surface area is 129 Å². The first-order valence-electron chi connectivity index (χ1n) is 7.64. The van der Waals surface area contributed by atoms with E-state index in [9.17, 15) is 0 Å². The Balaban J connectivity index is 2.30. The summed E-state index contributed by atoms with van der Waals surface area (Å²) >= 11 is 0. The van der Waals surface area contributed by atoms with Gasteiger partial charge in [0.25, 0.3) is 0 Å². The van der Waals surface area contributed by atoms with Crippen molar-refractivity contribution in [3.8, 4) is 6.07 Å². The lowest BCUT2D eigenvalue weighted by molar-refractivity contribution is -0.101. The number of rotatable bonds is 0. The van der Waals surface area contributed by atoms with Crippen LogP contribution in [-0.4, -0.2) is 33.5 Å². The highest BCUT2D eigenvalue weighted by Gasteiger charge is 2.61. The third-order valence-corrected chi connectivity index (χ3v) is 9.38. The van der Waals surface area contributed by atoms with Gasteiger partial charge in [0.1, 0.15) is 12.2 Å². The number of fused-ring (bicyclic) bond motifs is 1. The van der Waals surface area contributed by atoms with Gasteiger partial charge in [-0.25, -0.2) is 0 Å². The van der Waals surface area contributed by atoms with Crippen molar-refractivity contribution in [2.75, 3.05) is 6.61 Å². The maximum absolute atomic E-state index is 9.09. The molecule has 3 atom stereocenters. The molecule has 0 aromatic heterocycles. The summed E-state index contributed by atoms with van der Waals surface area (Å²) in [6, 6.07) is 2.18. The molecule has 2 rings (SSSR count). The molecule has 1 unspecified atom stereocenters. The second-order valence-electron chi connectivity index (χ2n) is 7.97. The quantitative estimate of drug-likeness (QED) is 0.506. The highest BCUT2D eigenvalue weighted by atomic mass is 28.4. The van der Waals surface area contributed by atoms with Crippen molar-refractivity contribution < 1.29 is 13.6 Å². The van der Waals surface area contributed by atoms with Crippen LogP contribution in [0.2, 0.25) is 10.1 Å². The van der Waals surface area contributed by atoms with E-state index in [4.69, 9.17) is 18.9 Å². The Morgan fingerprint density at radius 1 is 1.14 bits per heavy atom. The zero-order valence-corrected chi connectivity index (χ0v) is 15.0. The van der Waals surface area contributed by atoms with E-state index in [1.165, 1.54) is 0 Å². The van der Waals surface area contributed by atoms with Gasteiger partial charge in [0.2, 0.25) is 0 Å². The summed E-state index contributed by atoms with van der Waals surface area (Å²) in [6.07, 6.45) is 3.99. The lowest BCUT2D eigenvalue weighted by Crippen LogP contribution is -2.64. The second-order valence-corrected chi connectivity index (χ2v) is 12.7. The van der Waals surface area contributed by atoms with E-state index in [1.807, 2.05) is 6.08 Å². The maximum Gasteiger partial charge on any atom is 0.349 e. The minimum Gasteiger partial charge on any atom is -0.391 e. The van der Waals surface area contributed by atoms with E-state index in [-0.39, 0.29) is 22.3 Å². The molecule has 1 fully saturated rings. The lowest BCUT2D eigenvalue weighted by Gasteiger charge is -2.54. The number of nitrogens with zero attached hydrogens (tertiary/aromatic N) is 1. The van der Waals surface area contributed by atoms with Gasteiger partial charge in [-0.15, -0.1) is 0 Å². The number of hydrogen-bond donors (Lipinski definition) is 0. The highest BCUT2D eigenvalue weighted by Crippen LogP contribution is 2.54. The molecule has 0 aromatic carbocycles. The average molecular weight is 309 g/mol. The van der Waals surface area contributed by atoms with Crippen molar-refractivity contribution >= 4 is 8.56 Å². The van der Waals surface area contributed by atoms with Gasteiger partial charge in [-0.1, -0.05) is 53.7 Å². The lowest BCUT2D eigenvalue weighted by atomic mass is 10.2. The van der Waals surface area contributed by atoms with Crippen LogP contribution < -0.4 is 0 Å². The van der Waals surface area contributed by atoms with Crippen molar-refractivity contribution in [2.45, 2.75) is 76.4 Å². The largest absolute Gasteiger partial charge is 0.391 e. The first-order valence-corrected chi connectivity index (χ1v) is 9.46. The zero-order chi connectivity index (χ0) is 15.9. The predicted molar refractivity (Wildman–Crippen MR) is 84.0 cm³/mol. The van der Waals surface area contributed by atoms with E-state index >= 15 is 0 Å². The molecule has 2 aliphatic rings. The molecule has 21 heavy (non-hydrogen) atoms. The Kier molecular flexibility index (Phi) is 4.38. The summed E-state index contributed by atoms with van der Waals surface area (Å²) in [5.74, 6) is 0. The fourth-order valence-electron chi connectivity index (χ4n) is 3.47. The average Bonchev–Trinajstić information content (AvgIpc) is 2.56. The Bertz CT molecular complexity index is 442. The molecular formula is C16H27NO3Si. The fourth-order valence-corrected chi connectivity index (χ4v) is 8.38. The van der Waals surface area contributed by atoms with Crippen molar-refractivity contribution in [2.24, 2.45) is 0 Å². The van der Waals surface area contributed by atoms with Crippen LogP contribution in [0.25, 0.3) is 0 Å². The first-order chi connectivity index (χ1) is 9.61. The Morgan fingerprint density at radius 2 is 1.76 bits per heavy atom. The SMILES string of the molecule is CC(C)(C)[Si]1(C(C)(C)C)OC[C@H]2OC(C#N)CC=C[C@@H]2O1. The fraction of sp³-hybridized carbons (Fsp3) is 0.812. The van der Waals surface area contributed by atoms with Crippen molar-refractivity contribution in [1.29, 1.82) is 5.26 Å². The second kappa shape index (κ2) is 5.51. The minimum absolute atomic E-state index is 0.0367. The standard InChI is InChI=1S/C16H27NO3Si/c1-15(2,3)21(16(4,5)6)18-11-14-13(20-21)9-7-8-12(10-17)19-14/h7,9,12-14H,8,11H2,1-6H3/t12?,13-,14+/m0/s1. The van der Waals surface area contributed by atoms with Gasteiger partial charge in [0.05, 0.1) is 18.8 Å². The van der Waals surface area contributed by atoms with Crippen LogP contribution in [0, 0.1) is 11.3 Å². The maximum atomic E-state index is 9.09. The summed E-state index contributed by atoms with van der Waals surface area (Å²) in [5.41, 5.74) is 0. The number of hydrogen-bond acceptors (Lipinski definition) is 4. The molecule has 0 saturated carbocycles. The van der Waals surface area contributed by atoms with E-state index < -0.39 is 14.7 Å². The van der Waals surface area contributed by atoms with Crippen molar-refractivity contribution in [3.05, 3.63) is 12.2 Å². The summed E-state index contributed by atoms with van der Waals surface area (Å²) in [7, 11) is -2.46. The van der Waals surface area contributed by atoms with Gasteiger partial charge in [-0.2, -0.15) is 5.26 Å². The van der Waals surface area contributed by atoms with Gasteiger partial charge in [-0.3, -0.25) is 0 Å². The van der Waals surface area contributed by atoms with Gasteiger partial charge in [0.15, 0.2) is 0 Å². The molecule has 118 valence electrons. The molecular weight excluding hydrogens is 282 g/mol. The van der Waals surface area contributed by atoms with Gasteiger partial charge >= 0.3 is 8.56 Å². The molecule has 0 N–H and O–H groups in total. The third-order valence-electron chi connectivity index (χ3n) is 4.25. The van der Waals surface area contributed by atoms with E-state index in [0.717, 1.165) is 0 Å². The molecule has 0 aromatic rings. The Hall–Kier alpha value is -0.673. The van der Waals surface area contributed by atoms with E-state index in [2.05, 4.69) is 53.7 Å². The van der Waals surface area contributed by atoms with Gasteiger partial charge in [-0.05, 0) is 0 Å². The number of nitriles is 1. The minimum atomic E-state index is -2.46. The van der Waals surface area contributed by atoms with Crippen molar-refractivity contribution in [3.63, 3.8) is 0 Å². The van der Waals surface area contributed by atoms with Crippen LogP contribution in [0.5, 0.6) is 0 Å². The van der Waals surface area contributed by atoms with Crippen LogP contribution in [0.3, 0.4) is 0 Å². The van der Waals surface area contributed by atoms with Crippen LogP contribution >= 0.6 is 0 Å². The topological polar surface area (TPSA) is 51.5 Å². The van der Waals surface area contributed by atoms with E-state index in [0.29, 0.717) is 13.0 Å². The number of ether oxygens (including phenoxy) is 1. The van der Waals surface area contributed by atoms with Crippen LogP contribution in [0.1, 0.15) is 48.0 Å². The smallest absolute Gasteiger partial charge is 0.349 e. The summed E-state index contributed by atoms with van der Waals surface area (Å²) in [4.78, 5) is 0. The summed E-state index contributed by atoms with van der Waals surface area (Å²) in [5, 5.41) is 9.01. The monoisotopic (exact) mass is 309 g/mol. The normalized spacial score (nSPS) is 32.9. The Morgan fingerprint density at radius 3 is 2.29 bits per heavy atom. The first kappa shape index (κ1) is 16.7.